The van der Waals surface area contributed by atoms with Gasteiger partial charge in [-0.3, -0.25) is 4.68 Å². The number of aryl methyl sites for hydroxylation is 2. The van der Waals surface area contributed by atoms with E-state index in [2.05, 4.69) is 40.2 Å². The number of phenols is 1. The number of anilines is 1. The fourth-order valence-corrected chi connectivity index (χ4v) is 4.21. The summed E-state index contributed by atoms with van der Waals surface area (Å²) in [6, 6.07) is 8.09. The van der Waals surface area contributed by atoms with Gasteiger partial charge >= 0.3 is 0 Å². The summed E-state index contributed by atoms with van der Waals surface area (Å²) < 4.78 is 1.74. The van der Waals surface area contributed by atoms with Gasteiger partial charge in [0.1, 0.15) is 5.75 Å². The van der Waals surface area contributed by atoms with E-state index in [9.17, 15) is 5.11 Å². The van der Waals surface area contributed by atoms with Crippen LogP contribution >= 0.6 is 0 Å². The first kappa shape index (κ1) is 17.9. The zero-order valence-electron chi connectivity index (χ0n) is 16.8. The molecule has 4 heterocycles. The van der Waals surface area contributed by atoms with Crippen molar-refractivity contribution in [3.63, 3.8) is 0 Å². The minimum atomic E-state index is 0.172. The van der Waals surface area contributed by atoms with Gasteiger partial charge in [0.05, 0.1) is 23.1 Å². The zero-order chi connectivity index (χ0) is 20.1. The minimum absolute atomic E-state index is 0.172. The number of aromatic hydroxyl groups is 1. The summed E-state index contributed by atoms with van der Waals surface area (Å²) in [5.41, 5.74) is 5.20. The van der Waals surface area contributed by atoms with Gasteiger partial charge in [-0.25, -0.2) is 9.97 Å². The van der Waals surface area contributed by atoms with Crippen LogP contribution in [-0.2, 0) is 7.05 Å². The van der Waals surface area contributed by atoms with E-state index in [0.29, 0.717) is 22.9 Å². The van der Waals surface area contributed by atoms with Crippen LogP contribution in [0.25, 0.3) is 33.2 Å². The predicted octanol–water partition coefficient (Wildman–Crippen LogP) is 3.00. The molecule has 0 amide bonds. The number of nitrogens with zero attached hydrogens (tertiary/aromatic N) is 5. The molecule has 7 heteroatoms. The molecule has 5 rings (SSSR count). The molecule has 0 spiro atoms. The molecule has 1 aliphatic heterocycles. The Bertz CT molecular complexity index is 1230. The van der Waals surface area contributed by atoms with Crippen molar-refractivity contribution in [3.8, 4) is 17.0 Å². The van der Waals surface area contributed by atoms with Crippen molar-refractivity contribution in [2.24, 2.45) is 7.05 Å². The van der Waals surface area contributed by atoms with E-state index in [4.69, 9.17) is 4.98 Å². The van der Waals surface area contributed by atoms with Gasteiger partial charge < -0.3 is 15.3 Å². The number of pyridine rings is 2. The third-order valence-corrected chi connectivity index (χ3v) is 5.69. The van der Waals surface area contributed by atoms with E-state index >= 15 is 0 Å². The number of hydrogen-bond donors (Lipinski definition) is 2. The molecule has 1 saturated heterocycles. The average Bonchev–Trinajstić information content (AvgIpc) is 3.06. The van der Waals surface area contributed by atoms with Gasteiger partial charge in [-0.2, -0.15) is 5.10 Å². The summed E-state index contributed by atoms with van der Waals surface area (Å²) in [5, 5.41) is 20.3. The number of fused-ring (bicyclic) bond motifs is 2. The highest BCUT2D eigenvalue weighted by molar-refractivity contribution is 5.90. The number of phenolic OH excluding ortho intramolecular Hbond substituents is 1. The number of rotatable bonds is 2. The van der Waals surface area contributed by atoms with Crippen molar-refractivity contribution in [3.05, 3.63) is 42.2 Å². The Kier molecular flexibility index (Phi) is 4.13. The first-order chi connectivity index (χ1) is 14.0. The van der Waals surface area contributed by atoms with Crippen LogP contribution in [0.2, 0.25) is 0 Å². The molecule has 0 saturated carbocycles. The number of nitrogens with one attached hydrogen (secondary N) is 1. The lowest BCUT2D eigenvalue weighted by atomic mass is 10.0. The van der Waals surface area contributed by atoms with Crippen LogP contribution in [-0.4, -0.2) is 50.5 Å². The normalized spacial score (nSPS) is 17.3. The number of benzene rings is 1. The van der Waals surface area contributed by atoms with Crippen molar-refractivity contribution in [2.45, 2.75) is 19.9 Å². The second kappa shape index (κ2) is 6.70. The Balaban J connectivity index is 1.57. The lowest BCUT2D eigenvalue weighted by Crippen LogP contribution is -2.49. The van der Waals surface area contributed by atoms with Gasteiger partial charge in [-0.15, -0.1) is 0 Å². The van der Waals surface area contributed by atoms with Gasteiger partial charge in [0.2, 0.25) is 0 Å². The van der Waals surface area contributed by atoms with Crippen molar-refractivity contribution in [2.75, 3.05) is 24.5 Å². The summed E-state index contributed by atoms with van der Waals surface area (Å²) in [4.78, 5) is 11.8. The fourth-order valence-electron chi connectivity index (χ4n) is 4.21. The van der Waals surface area contributed by atoms with Gasteiger partial charge in [0.25, 0.3) is 0 Å². The summed E-state index contributed by atoms with van der Waals surface area (Å²) in [5.74, 6) is 0.172. The van der Waals surface area contributed by atoms with Crippen LogP contribution in [0.5, 0.6) is 5.75 Å². The maximum atomic E-state index is 10.5. The van der Waals surface area contributed by atoms with Gasteiger partial charge in [-0.05, 0) is 37.6 Å². The largest absolute Gasteiger partial charge is 0.507 e. The third-order valence-electron chi connectivity index (χ3n) is 5.69. The van der Waals surface area contributed by atoms with Gasteiger partial charge in [0, 0.05) is 61.3 Å². The molecule has 0 radical (unpaired) electrons. The lowest BCUT2D eigenvalue weighted by molar-refractivity contribution is 0.478. The Morgan fingerprint density at radius 3 is 2.93 bits per heavy atom. The summed E-state index contributed by atoms with van der Waals surface area (Å²) in [6.07, 6.45) is 3.86. The van der Waals surface area contributed by atoms with Crippen molar-refractivity contribution in [1.29, 1.82) is 0 Å². The van der Waals surface area contributed by atoms with Crippen molar-refractivity contribution >= 4 is 27.6 Å². The molecular weight excluding hydrogens is 364 g/mol. The highest BCUT2D eigenvalue weighted by atomic mass is 16.3. The molecular formula is C22H24N6O. The minimum Gasteiger partial charge on any atom is -0.507 e. The Labute approximate surface area is 169 Å². The van der Waals surface area contributed by atoms with E-state index < -0.39 is 0 Å². The number of aromatic nitrogens is 4. The molecule has 1 aromatic carbocycles. The molecule has 1 aliphatic rings. The van der Waals surface area contributed by atoms with Crippen LogP contribution < -0.4 is 10.2 Å². The Hall–Kier alpha value is -3.19. The van der Waals surface area contributed by atoms with Crippen LogP contribution in [0.3, 0.4) is 0 Å². The van der Waals surface area contributed by atoms with E-state index in [1.54, 1.807) is 10.7 Å². The SMILES string of the molecule is Cc1c(N2CCNC(C)C2)cnc2nc(-c3cc4cn(C)nc4cc3O)ccc12. The predicted molar refractivity (Wildman–Crippen MR) is 115 cm³/mol. The molecule has 4 aromatic rings. The topological polar surface area (TPSA) is 79.1 Å². The summed E-state index contributed by atoms with van der Waals surface area (Å²) in [6.45, 7) is 7.26. The molecule has 0 aliphatic carbocycles. The highest BCUT2D eigenvalue weighted by Crippen LogP contribution is 2.34. The summed E-state index contributed by atoms with van der Waals surface area (Å²) >= 11 is 0. The maximum absolute atomic E-state index is 10.5. The summed E-state index contributed by atoms with van der Waals surface area (Å²) in [7, 11) is 1.87. The van der Waals surface area contributed by atoms with Crippen LogP contribution in [0.4, 0.5) is 5.69 Å². The average molecular weight is 388 g/mol. The van der Waals surface area contributed by atoms with E-state index in [1.807, 2.05) is 31.6 Å². The zero-order valence-corrected chi connectivity index (χ0v) is 16.8. The molecule has 2 N–H and O–H groups in total. The van der Waals surface area contributed by atoms with Gasteiger partial charge in [0.15, 0.2) is 5.65 Å². The lowest BCUT2D eigenvalue weighted by Gasteiger charge is -2.34. The molecule has 0 bridgehead atoms. The molecule has 148 valence electrons. The molecule has 29 heavy (non-hydrogen) atoms. The van der Waals surface area contributed by atoms with Crippen molar-refractivity contribution in [1.82, 2.24) is 25.1 Å². The first-order valence-electron chi connectivity index (χ1n) is 9.91. The number of hydrogen-bond acceptors (Lipinski definition) is 6. The molecule has 1 fully saturated rings. The quantitative estimate of drug-likeness (QED) is 0.550. The van der Waals surface area contributed by atoms with Crippen LogP contribution in [0.15, 0.2) is 36.7 Å². The second-order valence-corrected chi connectivity index (χ2v) is 7.87. The Morgan fingerprint density at radius 2 is 2.10 bits per heavy atom. The first-order valence-corrected chi connectivity index (χ1v) is 9.91. The molecule has 1 atom stereocenters. The van der Waals surface area contributed by atoms with E-state index in [0.717, 1.165) is 35.9 Å². The molecule has 1 unspecified atom stereocenters. The number of piperazine rings is 1. The van der Waals surface area contributed by atoms with Crippen LogP contribution in [0, 0.1) is 6.92 Å². The smallest absolute Gasteiger partial charge is 0.160 e. The maximum Gasteiger partial charge on any atom is 0.160 e. The van der Waals surface area contributed by atoms with Crippen LogP contribution in [0.1, 0.15) is 12.5 Å². The highest BCUT2D eigenvalue weighted by Gasteiger charge is 2.19. The fraction of sp³-hybridized carbons (Fsp3) is 0.318. The van der Waals surface area contributed by atoms with Gasteiger partial charge in [-0.1, -0.05) is 0 Å². The van der Waals surface area contributed by atoms with Crippen molar-refractivity contribution < 1.29 is 5.11 Å². The molecule has 7 nitrogen and oxygen atoms in total. The monoisotopic (exact) mass is 388 g/mol. The Morgan fingerprint density at radius 1 is 1.24 bits per heavy atom. The second-order valence-electron chi connectivity index (χ2n) is 7.87. The third kappa shape index (κ3) is 3.07. The van der Waals surface area contributed by atoms with E-state index in [-0.39, 0.29) is 5.75 Å². The van der Waals surface area contributed by atoms with E-state index in [1.165, 1.54) is 11.3 Å². The molecule has 3 aromatic heterocycles. The standard InChI is InChI=1S/C22H24N6O/c1-13-11-28(7-6-23-13)20-10-24-22-16(14(20)2)4-5-18(25-22)17-8-15-12-27(3)26-19(15)9-21(17)29/h4-5,8-10,12-13,23,29H,6-7,11H2,1-3H3.